The van der Waals surface area contributed by atoms with E-state index in [2.05, 4.69) is 10.4 Å². The van der Waals surface area contributed by atoms with E-state index in [1.165, 1.54) is 16.8 Å². The first-order chi connectivity index (χ1) is 12.5. The molecule has 0 bridgehead atoms. The standard InChI is InChI=1S/C19H18FN3O3/c1-3-23-15-10-9-12(20)11-13(15)18(24)17(22-23)19(25)21-14-7-5-6-8-16(14)26-4-2/h5-11H,3-4H2,1-2H3,(H,21,25). The Balaban J connectivity index is 2.06. The molecular formula is C19H18FN3O3. The van der Waals surface area contributed by atoms with Gasteiger partial charge in [-0.25, -0.2) is 4.39 Å². The molecule has 0 aliphatic rings. The number of aryl methyl sites for hydroxylation is 1. The van der Waals surface area contributed by atoms with Crippen molar-refractivity contribution in [3.63, 3.8) is 0 Å². The van der Waals surface area contributed by atoms with Gasteiger partial charge < -0.3 is 10.1 Å². The highest BCUT2D eigenvalue weighted by Crippen LogP contribution is 2.24. The highest BCUT2D eigenvalue weighted by atomic mass is 19.1. The van der Waals surface area contributed by atoms with E-state index in [1.54, 1.807) is 24.3 Å². The second-order valence-electron chi connectivity index (χ2n) is 5.54. The van der Waals surface area contributed by atoms with Crippen molar-refractivity contribution in [2.45, 2.75) is 20.4 Å². The lowest BCUT2D eigenvalue weighted by atomic mass is 10.2. The van der Waals surface area contributed by atoms with Crippen molar-refractivity contribution in [3.8, 4) is 5.75 Å². The van der Waals surface area contributed by atoms with Gasteiger partial charge in [0, 0.05) is 6.54 Å². The third-order valence-corrected chi connectivity index (χ3v) is 3.87. The zero-order chi connectivity index (χ0) is 18.7. The van der Waals surface area contributed by atoms with Crippen molar-refractivity contribution >= 4 is 22.5 Å². The Hall–Kier alpha value is -3.22. The van der Waals surface area contributed by atoms with E-state index in [-0.39, 0.29) is 11.1 Å². The minimum absolute atomic E-state index is 0.116. The van der Waals surface area contributed by atoms with Crippen molar-refractivity contribution in [1.29, 1.82) is 0 Å². The number of fused-ring (bicyclic) bond motifs is 1. The van der Waals surface area contributed by atoms with E-state index < -0.39 is 17.2 Å². The molecule has 0 aliphatic heterocycles. The smallest absolute Gasteiger partial charge is 0.280 e. The lowest BCUT2D eigenvalue weighted by Crippen LogP contribution is -2.27. The fourth-order valence-electron chi connectivity index (χ4n) is 2.69. The molecule has 0 unspecified atom stereocenters. The van der Waals surface area contributed by atoms with Crippen LogP contribution in [0.2, 0.25) is 0 Å². The molecule has 1 heterocycles. The number of ether oxygens (including phenoxy) is 1. The highest BCUT2D eigenvalue weighted by molar-refractivity contribution is 6.05. The van der Waals surface area contributed by atoms with E-state index in [1.807, 2.05) is 13.8 Å². The zero-order valence-corrected chi connectivity index (χ0v) is 14.5. The van der Waals surface area contributed by atoms with Gasteiger partial charge in [0.05, 0.1) is 23.2 Å². The Bertz CT molecular complexity index is 1030. The van der Waals surface area contributed by atoms with Crippen LogP contribution in [0.3, 0.4) is 0 Å². The fraction of sp³-hybridized carbons (Fsp3) is 0.211. The molecule has 6 nitrogen and oxygen atoms in total. The van der Waals surface area contributed by atoms with E-state index in [0.29, 0.717) is 30.1 Å². The maximum absolute atomic E-state index is 13.6. The second kappa shape index (κ2) is 7.35. The third-order valence-electron chi connectivity index (χ3n) is 3.87. The Morgan fingerprint density at radius 2 is 2.00 bits per heavy atom. The predicted octanol–water partition coefficient (Wildman–Crippen LogP) is 3.21. The van der Waals surface area contributed by atoms with Crippen LogP contribution in [-0.4, -0.2) is 22.3 Å². The van der Waals surface area contributed by atoms with E-state index >= 15 is 0 Å². The van der Waals surface area contributed by atoms with E-state index in [4.69, 9.17) is 4.74 Å². The fourth-order valence-corrected chi connectivity index (χ4v) is 2.69. The van der Waals surface area contributed by atoms with Crippen LogP contribution in [0.5, 0.6) is 5.75 Å². The summed E-state index contributed by atoms with van der Waals surface area (Å²) in [7, 11) is 0. The SMILES string of the molecule is CCOc1ccccc1NC(=O)c1nn(CC)c2ccc(F)cc2c1=O. The Morgan fingerprint density at radius 3 is 2.73 bits per heavy atom. The molecule has 3 aromatic rings. The van der Waals surface area contributed by atoms with Crippen molar-refractivity contribution in [2.24, 2.45) is 0 Å². The van der Waals surface area contributed by atoms with Crippen molar-refractivity contribution in [1.82, 2.24) is 9.78 Å². The quantitative estimate of drug-likeness (QED) is 0.763. The second-order valence-corrected chi connectivity index (χ2v) is 5.54. The Kier molecular flexibility index (Phi) is 4.97. The van der Waals surface area contributed by atoms with Gasteiger partial charge in [-0.1, -0.05) is 12.1 Å². The molecule has 3 rings (SSSR count). The molecule has 0 atom stereocenters. The molecule has 0 saturated heterocycles. The Morgan fingerprint density at radius 1 is 1.23 bits per heavy atom. The average Bonchev–Trinajstić information content (AvgIpc) is 2.64. The summed E-state index contributed by atoms with van der Waals surface area (Å²) in [5.74, 6) is -0.724. The van der Waals surface area contributed by atoms with Gasteiger partial charge in [0.15, 0.2) is 5.69 Å². The number of carbonyl (C=O) groups excluding carboxylic acids is 1. The molecule has 26 heavy (non-hydrogen) atoms. The largest absolute Gasteiger partial charge is 0.492 e. The summed E-state index contributed by atoms with van der Waals surface area (Å²) in [4.78, 5) is 25.3. The van der Waals surface area contributed by atoms with Crippen LogP contribution in [0.25, 0.3) is 10.9 Å². The van der Waals surface area contributed by atoms with E-state index in [0.717, 1.165) is 6.07 Å². The van der Waals surface area contributed by atoms with Crippen molar-refractivity contribution < 1.29 is 13.9 Å². The summed E-state index contributed by atoms with van der Waals surface area (Å²) in [6.07, 6.45) is 0. The van der Waals surface area contributed by atoms with Crippen LogP contribution in [0.4, 0.5) is 10.1 Å². The van der Waals surface area contributed by atoms with Gasteiger partial charge in [0.25, 0.3) is 5.91 Å². The molecule has 0 radical (unpaired) electrons. The van der Waals surface area contributed by atoms with E-state index in [9.17, 15) is 14.0 Å². The van der Waals surface area contributed by atoms with Gasteiger partial charge in [-0.2, -0.15) is 5.10 Å². The minimum Gasteiger partial charge on any atom is -0.492 e. The number of rotatable bonds is 5. The number of aromatic nitrogens is 2. The van der Waals surface area contributed by atoms with Gasteiger partial charge in [-0.3, -0.25) is 14.3 Å². The first-order valence-corrected chi connectivity index (χ1v) is 8.28. The third kappa shape index (κ3) is 3.28. The maximum Gasteiger partial charge on any atom is 0.280 e. The molecule has 0 fully saturated rings. The predicted molar refractivity (Wildman–Crippen MR) is 97.2 cm³/mol. The topological polar surface area (TPSA) is 73.2 Å². The Labute approximate surface area is 149 Å². The number of para-hydroxylation sites is 2. The van der Waals surface area contributed by atoms with Gasteiger partial charge in [-0.05, 0) is 44.2 Å². The van der Waals surface area contributed by atoms with Crippen LogP contribution in [0.1, 0.15) is 24.3 Å². The van der Waals surface area contributed by atoms with Gasteiger partial charge in [0.1, 0.15) is 11.6 Å². The summed E-state index contributed by atoms with van der Waals surface area (Å²) in [6.45, 7) is 4.52. The molecule has 0 saturated carbocycles. The number of halogens is 1. The summed E-state index contributed by atoms with van der Waals surface area (Å²) in [5, 5.41) is 6.91. The maximum atomic E-state index is 13.6. The molecule has 134 valence electrons. The van der Waals surface area contributed by atoms with Crippen LogP contribution >= 0.6 is 0 Å². The highest BCUT2D eigenvalue weighted by Gasteiger charge is 2.19. The number of carbonyl (C=O) groups is 1. The molecule has 1 N–H and O–H groups in total. The first kappa shape index (κ1) is 17.6. The van der Waals surface area contributed by atoms with Crippen LogP contribution in [0, 0.1) is 5.82 Å². The first-order valence-electron chi connectivity index (χ1n) is 8.28. The number of hydrogen-bond donors (Lipinski definition) is 1. The molecule has 0 aliphatic carbocycles. The minimum atomic E-state index is -0.671. The number of nitrogens with zero attached hydrogens (tertiary/aromatic N) is 2. The molecule has 7 heteroatoms. The van der Waals surface area contributed by atoms with Crippen LogP contribution in [-0.2, 0) is 6.54 Å². The van der Waals surface area contributed by atoms with Gasteiger partial charge >= 0.3 is 0 Å². The molecule has 1 amide bonds. The summed E-state index contributed by atoms with van der Waals surface area (Å²) in [5.41, 5.74) is -0.0000494. The lowest BCUT2D eigenvalue weighted by molar-refractivity contribution is 0.101. The molecule has 1 aromatic heterocycles. The van der Waals surface area contributed by atoms with Crippen molar-refractivity contribution in [2.75, 3.05) is 11.9 Å². The zero-order valence-electron chi connectivity index (χ0n) is 14.5. The number of anilines is 1. The number of benzene rings is 2. The van der Waals surface area contributed by atoms with Gasteiger partial charge in [-0.15, -0.1) is 0 Å². The number of amides is 1. The molecule has 2 aromatic carbocycles. The average molecular weight is 355 g/mol. The van der Waals surface area contributed by atoms with Crippen LogP contribution < -0.4 is 15.5 Å². The lowest BCUT2D eigenvalue weighted by Gasteiger charge is -2.12. The van der Waals surface area contributed by atoms with Gasteiger partial charge in [0.2, 0.25) is 5.43 Å². The normalized spacial score (nSPS) is 10.7. The number of nitrogens with one attached hydrogen (secondary N) is 1. The van der Waals surface area contributed by atoms with Crippen LogP contribution in [0.15, 0.2) is 47.3 Å². The monoisotopic (exact) mass is 355 g/mol. The summed E-state index contributed by atoms with van der Waals surface area (Å²) >= 11 is 0. The number of hydrogen-bond acceptors (Lipinski definition) is 4. The molecular weight excluding hydrogens is 337 g/mol. The summed E-state index contributed by atoms with van der Waals surface area (Å²) in [6, 6.07) is 10.8. The molecule has 0 spiro atoms. The van der Waals surface area contributed by atoms with Crippen molar-refractivity contribution in [3.05, 3.63) is 64.2 Å². The summed E-state index contributed by atoms with van der Waals surface area (Å²) < 4.78 is 20.6.